The Balaban J connectivity index is 0.00000272. The number of ether oxygens (including phenoxy) is 1. The van der Waals surface area contributed by atoms with Crippen molar-refractivity contribution in [2.24, 2.45) is 12.0 Å². The van der Waals surface area contributed by atoms with Crippen molar-refractivity contribution in [3.8, 4) is 5.75 Å². The third-order valence-corrected chi connectivity index (χ3v) is 6.07. The Morgan fingerprint density at radius 1 is 1.13 bits per heavy atom. The molecule has 1 unspecified atom stereocenters. The minimum Gasteiger partial charge on any atom is -0.497 e. The maximum atomic E-state index is 5.24. The first-order valence-electron chi connectivity index (χ1n) is 10.6. The molecule has 3 aliphatic heterocycles. The van der Waals surface area contributed by atoms with Crippen LogP contribution in [0.25, 0.3) is 0 Å². The predicted molar refractivity (Wildman–Crippen MR) is 132 cm³/mol. The average molecular weight is 540 g/mol. The SMILES string of the molecule is COc1ccc(CN=C(NCc2nnc(C)n2C)NCC2CN3CCN2CC3)cc1.I. The number of halogens is 1. The van der Waals surface area contributed by atoms with Crippen LogP contribution in [-0.4, -0.2) is 82.9 Å². The number of hydrogen-bond acceptors (Lipinski definition) is 6. The zero-order valence-electron chi connectivity index (χ0n) is 18.5. The van der Waals surface area contributed by atoms with E-state index in [9.17, 15) is 0 Å². The molecule has 2 aromatic rings. The second-order valence-electron chi connectivity index (χ2n) is 7.96. The van der Waals surface area contributed by atoms with E-state index < -0.39 is 0 Å². The lowest BCUT2D eigenvalue weighted by atomic mass is 10.1. The summed E-state index contributed by atoms with van der Waals surface area (Å²) in [6, 6.07) is 8.55. The Labute approximate surface area is 201 Å². The summed E-state index contributed by atoms with van der Waals surface area (Å²) in [6.07, 6.45) is 0. The van der Waals surface area contributed by atoms with E-state index in [0.717, 1.165) is 55.1 Å². The van der Waals surface area contributed by atoms with E-state index in [1.165, 1.54) is 13.1 Å². The molecule has 0 radical (unpaired) electrons. The first-order valence-corrected chi connectivity index (χ1v) is 10.6. The maximum absolute atomic E-state index is 5.24. The lowest BCUT2D eigenvalue weighted by molar-refractivity contribution is 0.0154. The average Bonchev–Trinajstić information content (AvgIpc) is 3.12. The molecule has 0 saturated carbocycles. The monoisotopic (exact) mass is 540 g/mol. The van der Waals surface area contributed by atoms with Crippen molar-refractivity contribution in [1.29, 1.82) is 0 Å². The quantitative estimate of drug-likeness (QED) is 0.308. The van der Waals surface area contributed by atoms with Gasteiger partial charge in [-0.3, -0.25) is 9.80 Å². The third kappa shape index (κ3) is 6.07. The Kier molecular flexibility index (Phi) is 8.50. The van der Waals surface area contributed by atoms with Gasteiger partial charge in [-0.25, -0.2) is 4.99 Å². The fourth-order valence-electron chi connectivity index (χ4n) is 3.98. The molecule has 4 heterocycles. The van der Waals surface area contributed by atoms with Crippen LogP contribution < -0.4 is 15.4 Å². The van der Waals surface area contributed by atoms with Gasteiger partial charge in [0.1, 0.15) is 11.6 Å². The minimum absolute atomic E-state index is 0. The molecule has 3 fully saturated rings. The lowest BCUT2D eigenvalue weighted by Crippen LogP contribution is -2.63. The van der Waals surface area contributed by atoms with Gasteiger partial charge in [0.2, 0.25) is 0 Å². The number of guanidine groups is 1. The van der Waals surface area contributed by atoms with Gasteiger partial charge in [-0.05, 0) is 24.6 Å². The molecule has 2 bridgehead atoms. The smallest absolute Gasteiger partial charge is 0.192 e. The van der Waals surface area contributed by atoms with Crippen LogP contribution in [0.3, 0.4) is 0 Å². The fourth-order valence-corrected chi connectivity index (χ4v) is 3.98. The van der Waals surface area contributed by atoms with Crippen molar-refractivity contribution in [3.63, 3.8) is 0 Å². The number of nitrogens with one attached hydrogen (secondary N) is 2. The Morgan fingerprint density at radius 3 is 2.45 bits per heavy atom. The Hall–Kier alpha value is -1.92. The highest BCUT2D eigenvalue weighted by Gasteiger charge is 2.31. The molecule has 1 aromatic carbocycles. The number of methoxy groups -OCH3 is 1. The summed E-state index contributed by atoms with van der Waals surface area (Å²) in [6.45, 7) is 9.84. The van der Waals surface area contributed by atoms with Crippen molar-refractivity contribution >= 4 is 29.9 Å². The minimum atomic E-state index is 0. The Morgan fingerprint density at radius 2 is 1.87 bits per heavy atom. The van der Waals surface area contributed by atoms with Crippen molar-refractivity contribution in [2.75, 3.05) is 46.4 Å². The molecule has 3 saturated heterocycles. The first-order chi connectivity index (χ1) is 14.6. The van der Waals surface area contributed by atoms with Crippen LogP contribution in [-0.2, 0) is 20.1 Å². The molecule has 0 amide bonds. The standard InChI is InChI=1S/C21H32N8O.HI/c1-16-25-26-20(27(16)2)14-24-21(22-12-17-4-6-19(30-3)7-5-17)23-13-18-15-28-8-10-29(18)11-9-28;/h4-7,18H,8-15H2,1-3H3,(H2,22,23,24);1H. The number of nitrogens with zero attached hydrogens (tertiary/aromatic N) is 6. The second kappa shape index (κ2) is 11.1. The summed E-state index contributed by atoms with van der Waals surface area (Å²) in [5.74, 6) is 3.44. The van der Waals surface area contributed by atoms with Crippen molar-refractivity contribution in [3.05, 3.63) is 41.5 Å². The van der Waals surface area contributed by atoms with E-state index in [0.29, 0.717) is 19.1 Å². The Bertz CT molecular complexity index is 861. The van der Waals surface area contributed by atoms with Crippen LogP contribution in [0.15, 0.2) is 29.3 Å². The molecule has 9 nitrogen and oxygen atoms in total. The summed E-state index contributed by atoms with van der Waals surface area (Å²) in [5, 5.41) is 15.4. The molecule has 10 heteroatoms. The summed E-state index contributed by atoms with van der Waals surface area (Å²) in [5.41, 5.74) is 1.14. The molecular weight excluding hydrogens is 507 g/mol. The van der Waals surface area contributed by atoms with Gasteiger partial charge in [0.05, 0.1) is 20.2 Å². The highest BCUT2D eigenvalue weighted by atomic mass is 127. The zero-order valence-corrected chi connectivity index (χ0v) is 20.9. The molecule has 5 rings (SSSR count). The third-order valence-electron chi connectivity index (χ3n) is 6.07. The van der Waals surface area contributed by atoms with Gasteiger partial charge in [-0.15, -0.1) is 34.2 Å². The summed E-state index contributed by atoms with van der Waals surface area (Å²) in [4.78, 5) is 9.95. The van der Waals surface area contributed by atoms with Crippen molar-refractivity contribution < 1.29 is 4.74 Å². The van der Waals surface area contributed by atoms with Gasteiger partial charge >= 0.3 is 0 Å². The number of benzene rings is 1. The summed E-state index contributed by atoms with van der Waals surface area (Å²) >= 11 is 0. The van der Waals surface area contributed by atoms with Crippen molar-refractivity contribution in [1.82, 2.24) is 35.2 Å². The number of hydrogen-bond donors (Lipinski definition) is 2. The molecular formula is C21H33IN8O. The van der Waals surface area contributed by atoms with E-state index in [1.807, 2.05) is 42.8 Å². The molecule has 0 spiro atoms. The zero-order chi connectivity index (χ0) is 20.9. The number of fused-ring (bicyclic) bond motifs is 3. The molecule has 1 aromatic heterocycles. The number of rotatable bonds is 7. The number of aryl methyl sites for hydroxylation is 1. The van der Waals surface area contributed by atoms with Crippen LogP contribution in [0.4, 0.5) is 0 Å². The summed E-state index contributed by atoms with van der Waals surface area (Å²) < 4.78 is 7.23. The van der Waals surface area contributed by atoms with Gasteiger partial charge in [0.15, 0.2) is 11.8 Å². The molecule has 1 atom stereocenters. The molecule has 3 aliphatic rings. The maximum Gasteiger partial charge on any atom is 0.192 e. The van der Waals surface area contributed by atoms with Gasteiger partial charge in [-0.1, -0.05) is 12.1 Å². The number of aliphatic imine (C=N–C) groups is 1. The topological polar surface area (TPSA) is 82.8 Å². The summed E-state index contributed by atoms with van der Waals surface area (Å²) in [7, 11) is 3.66. The molecule has 31 heavy (non-hydrogen) atoms. The van der Waals surface area contributed by atoms with Crippen LogP contribution >= 0.6 is 24.0 Å². The normalized spacial score (nSPS) is 22.7. The van der Waals surface area contributed by atoms with Gasteiger partial charge in [0, 0.05) is 52.4 Å². The molecule has 2 N–H and O–H groups in total. The largest absolute Gasteiger partial charge is 0.497 e. The highest BCUT2D eigenvalue weighted by Crippen LogP contribution is 2.15. The van der Waals surface area contributed by atoms with Crippen LogP contribution in [0.1, 0.15) is 17.2 Å². The number of piperazine rings is 3. The predicted octanol–water partition coefficient (Wildman–Crippen LogP) is 0.985. The highest BCUT2D eigenvalue weighted by molar-refractivity contribution is 14.0. The van der Waals surface area contributed by atoms with Gasteiger partial charge in [0.25, 0.3) is 0 Å². The first kappa shape index (κ1) is 23.7. The van der Waals surface area contributed by atoms with Crippen molar-refractivity contribution in [2.45, 2.75) is 26.1 Å². The van der Waals surface area contributed by atoms with Crippen LogP contribution in [0.2, 0.25) is 0 Å². The van der Waals surface area contributed by atoms with Crippen LogP contribution in [0.5, 0.6) is 5.75 Å². The molecule has 170 valence electrons. The lowest BCUT2D eigenvalue weighted by Gasteiger charge is -2.47. The van der Waals surface area contributed by atoms with Gasteiger partial charge in [-0.2, -0.15) is 0 Å². The van der Waals surface area contributed by atoms with E-state index in [2.05, 4.69) is 30.6 Å². The fraction of sp³-hybridized carbons (Fsp3) is 0.571. The molecule has 0 aliphatic carbocycles. The van der Waals surface area contributed by atoms with E-state index in [1.54, 1.807) is 7.11 Å². The van der Waals surface area contributed by atoms with Crippen LogP contribution in [0, 0.1) is 6.92 Å². The van der Waals surface area contributed by atoms with E-state index >= 15 is 0 Å². The number of aromatic nitrogens is 3. The van der Waals surface area contributed by atoms with E-state index in [4.69, 9.17) is 9.73 Å². The second-order valence-corrected chi connectivity index (χ2v) is 7.96. The van der Waals surface area contributed by atoms with E-state index in [-0.39, 0.29) is 24.0 Å². The van der Waals surface area contributed by atoms with Gasteiger partial charge < -0.3 is 19.9 Å².